The Balaban J connectivity index is 1.40. The van der Waals surface area contributed by atoms with Crippen molar-refractivity contribution in [3.63, 3.8) is 0 Å². The van der Waals surface area contributed by atoms with E-state index in [4.69, 9.17) is 9.15 Å². The van der Waals surface area contributed by atoms with Crippen molar-refractivity contribution in [1.82, 2.24) is 4.90 Å². The average molecular weight is 333 g/mol. The van der Waals surface area contributed by atoms with Gasteiger partial charge in [0.05, 0.1) is 0 Å². The molecule has 0 amide bonds. The van der Waals surface area contributed by atoms with Gasteiger partial charge in [-0.1, -0.05) is 30.3 Å². The number of rotatable bonds is 3. The third-order valence-electron chi connectivity index (χ3n) is 5.67. The second-order valence-electron chi connectivity index (χ2n) is 7.22. The van der Waals surface area contributed by atoms with Crippen LogP contribution in [-0.2, 0) is 19.4 Å². The van der Waals surface area contributed by atoms with Gasteiger partial charge in [0.25, 0.3) is 0 Å². The topological polar surface area (TPSA) is 25.6 Å². The maximum absolute atomic E-state index is 6.26. The number of furan rings is 1. The molecule has 0 aliphatic carbocycles. The third-order valence-corrected chi connectivity index (χ3v) is 5.67. The number of ether oxygens (including phenoxy) is 1. The van der Waals surface area contributed by atoms with E-state index in [1.165, 1.54) is 48.2 Å². The summed E-state index contributed by atoms with van der Waals surface area (Å²) in [5.74, 6) is 2.08. The van der Waals surface area contributed by atoms with Gasteiger partial charge in [-0.15, -0.1) is 0 Å². The predicted octanol–water partition coefficient (Wildman–Crippen LogP) is 4.57. The van der Waals surface area contributed by atoms with Crippen molar-refractivity contribution in [1.29, 1.82) is 0 Å². The molecule has 3 nitrogen and oxygen atoms in total. The first kappa shape index (κ1) is 15.0. The normalized spacial score (nSPS) is 20.2. The van der Waals surface area contributed by atoms with Crippen molar-refractivity contribution in [2.75, 3.05) is 13.1 Å². The Morgan fingerprint density at radius 3 is 2.92 bits per heavy atom. The first-order valence-corrected chi connectivity index (χ1v) is 9.32. The van der Waals surface area contributed by atoms with E-state index < -0.39 is 0 Å². The maximum Gasteiger partial charge on any atom is 0.138 e. The average Bonchev–Trinajstić information content (AvgIpc) is 3.19. The van der Waals surface area contributed by atoms with Crippen LogP contribution in [0, 0.1) is 0 Å². The molecule has 128 valence electrons. The highest BCUT2D eigenvalue weighted by atomic mass is 16.5. The molecule has 3 aromatic rings. The van der Waals surface area contributed by atoms with Gasteiger partial charge < -0.3 is 9.15 Å². The predicted molar refractivity (Wildman–Crippen MR) is 99.0 cm³/mol. The lowest BCUT2D eigenvalue weighted by molar-refractivity contribution is 0.258. The molecule has 3 heteroatoms. The maximum atomic E-state index is 6.26. The van der Waals surface area contributed by atoms with Gasteiger partial charge in [-0.3, -0.25) is 4.90 Å². The summed E-state index contributed by atoms with van der Waals surface area (Å²) in [6.45, 7) is 3.01. The van der Waals surface area contributed by atoms with Gasteiger partial charge in [0.1, 0.15) is 23.7 Å². The van der Waals surface area contributed by atoms with E-state index in [1.807, 2.05) is 18.2 Å². The fourth-order valence-electron chi connectivity index (χ4n) is 4.34. The van der Waals surface area contributed by atoms with E-state index >= 15 is 0 Å². The molecule has 0 saturated carbocycles. The number of nitrogens with zero attached hydrogens (tertiary/aromatic N) is 1. The Morgan fingerprint density at radius 2 is 2.00 bits per heavy atom. The lowest BCUT2D eigenvalue weighted by Gasteiger charge is -2.20. The monoisotopic (exact) mass is 333 g/mol. The molecular formula is C22H23NO2. The molecule has 2 aliphatic rings. The highest BCUT2D eigenvalue weighted by molar-refractivity contribution is 5.83. The lowest BCUT2D eigenvalue weighted by Crippen LogP contribution is -2.30. The van der Waals surface area contributed by atoms with Gasteiger partial charge in [-0.25, -0.2) is 0 Å². The summed E-state index contributed by atoms with van der Waals surface area (Å²) >= 11 is 0. The highest BCUT2D eigenvalue weighted by Crippen LogP contribution is 2.35. The van der Waals surface area contributed by atoms with Crippen LogP contribution in [0.3, 0.4) is 0 Å². The van der Waals surface area contributed by atoms with Crippen molar-refractivity contribution >= 4 is 11.0 Å². The molecular weight excluding hydrogens is 310 g/mol. The van der Waals surface area contributed by atoms with Crippen molar-refractivity contribution in [3.05, 3.63) is 65.4 Å². The standard InChI is InChI=1S/C22H23NO2/c1-2-5-16(6-3-1)15-24-18-8-9-19-20-10-12-23-11-4-7-17(23)13-21(20)25-22(19)14-18/h1-3,5-6,8-9,14,17H,4,7,10-13,15H2. The molecule has 3 heterocycles. The van der Waals surface area contributed by atoms with E-state index in [9.17, 15) is 0 Å². The Morgan fingerprint density at radius 1 is 1.08 bits per heavy atom. The zero-order valence-corrected chi connectivity index (χ0v) is 14.4. The molecule has 1 unspecified atom stereocenters. The van der Waals surface area contributed by atoms with E-state index in [0.29, 0.717) is 12.6 Å². The Labute approximate surface area is 148 Å². The van der Waals surface area contributed by atoms with Crippen molar-refractivity contribution in [2.45, 2.75) is 38.3 Å². The molecule has 0 radical (unpaired) electrons. The van der Waals surface area contributed by atoms with Crippen LogP contribution in [0.4, 0.5) is 0 Å². The van der Waals surface area contributed by atoms with Crippen LogP contribution in [0.2, 0.25) is 0 Å². The Hall–Kier alpha value is -2.26. The van der Waals surface area contributed by atoms with Crippen molar-refractivity contribution in [2.24, 2.45) is 0 Å². The van der Waals surface area contributed by atoms with Crippen LogP contribution in [0.25, 0.3) is 11.0 Å². The van der Waals surface area contributed by atoms with Crippen molar-refractivity contribution < 1.29 is 9.15 Å². The van der Waals surface area contributed by atoms with E-state index in [-0.39, 0.29) is 0 Å². The minimum absolute atomic E-state index is 0.587. The van der Waals surface area contributed by atoms with E-state index in [2.05, 4.69) is 35.2 Å². The van der Waals surface area contributed by atoms with E-state index in [1.54, 1.807) is 0 Å². The van der Waals surface area contributed by atoms with Crippen LogP contribution in [0.5, 0.6) is 5.75 Å². The summed E-state index contributed by atoms with van der Waals surface area (Å²) in [6, 6.07) is 17.3. The lowest BCUT2D eigenvalue weighted by atomic mass is 10.0. The third kappa shape index (κ3) is 2.83. The summed E-state index contributed by atoms with van der Waals surface area (Å²) in [5, 5.41) is 1.27. The van der Waals surface area contributed by atoms with Gasteiger partial charge in [0, 0.05) is 36.0 Å². The molecule has 0 bridgehead atoms. The number of hydrogen-bond donors (Lipinski definition) is 0. The van der Waals surface area contributed by atoms with Gasteiger partial charge in [0.15, 0.2) is 0 Å². The fourth-order valence-corrected chi connectivity index (χ4v) is 4.34. The first-order valence-electron chi connectivity index (χ1n) is 9.32. The Kier molecular flexibility index (Phi) is 3.75. The summed E-state index contributed by atoms with van der Waals surface area (Å²) < 4.78 is 12.2. The minimum atomic E-state index is 0.587. The Bertz CT molecular complexity index is 884. The van der Waals surface area contributed by atoms with Crippen LogP contribution in [0.15, 0.2) is 52.9 Å². The molecule has 0 spiro atoms. The summed E-state index contributed by atoms with van der Waals surface area (Å²) in [5.41, 5.74) is 3.57. The summed E-state index contributed by atoms with van der Waals surface area (Å²) in [7, 11) is 0. The number of fused-ring (bicyclic) bond motifs is 4. The van der Waals surface area contributed by atoms with Crippen LogP contribution < -0.4 is 4.74 Å². The van der Waals surface area contributed by atoms with E-state index in [0.717, 1.165) is 24.2 Å². The second kappa shape index (κ2) is 6.23. The molecule has 0 N–H and O–H groups in total. The molecule has 1 atom stereocenters. The molecule has 25 heavy (non-hydrogen) atoms. The molecule has 2 aliphatic heterocycles. The second-order valence-corrected chi connectivity index (χ2v) is 7.22. The quantitative estimate of drug-likeness (QED) is 0.702. The fraction of sp³-hybridized carbons (Fsp3) is 0.364. The van der Waals surface area contributed by atoms with Crippen LogP contribution >= 0.6 is 0 Å². The SMILES string of the molecule is c1ccc(COc2ccc3c4c(oc3c2)CC2CCCN2CC4)cc1. The van der Waals surface area contributed by atoms with Crippen LogP contribution in [0.1, 0.15) is 29.7 Å². The smallest absolute Gasteiger partial charge is 0.138 e. The molecule has 2 aromatic carbocycles. The van der Waals surface area contributed by atoms with Gasteiger partial charge in [0.2, 0.25) is 0 Å². The van der Waals surface area contributed by atoms with Crippen molar-refractivity contribution in [3.8, 4) is 5.75 Å². The largest absolute Gasteiger partial charge is 0.489 e. The van der Waals surface area contributed by atoms with Gasteiger partial charge in [-0.2, -0.15) is 0 Å². The highest BCUT2D eigenvalue weighted by Gasteiger charge is 2.30. The molecule has 1 aromatic heterocycles. The number of benzene rings is 2. The summed E-state index contributed by atoms with van der Waals surface area (Å²) in [6.07, 6.45) is 4.80. The molecule has 5 rings (SSSR count). The molecule has 1 saturated heterocycles. The van der Waals surface area contributed by atoms with Gasteiger partial charge in [-0.05, 0) is 43.5 Å². The zero-order valence-electron chi connectivity index (χ0n) is 14.4. The number of hydrogen-bond acceptors (Lipinski definition) is 3. The van der Waals surface area contributed by atoms with Gasteiger partial charge >= 0.3 is 0 Å². The summed E-state index contributed by atoms with van der Waals surface area (Å²) in [4.78, 5) is 2.64. The zero-order chi connectivity index (χ0) is 16.6. The first-order chi connectivity index (χ1) is 12.4. The minimum Gasteiger partial charge on any atom is -0.489 e. The van der Waals surface area contributed by atoms with Crippen LogP contribution in [-0.4, -0.2) is 24.0 Å². The molecule has 1 fully saturated rings.